The first kappa shape index (κ1) is 18.9. The van der Waals surface area contributed by atoms with Gasteiger partial charge in [0.25, 0.3) is 5.91 Å². The van der Waals surface area contributed by atoms with Crippen LogP contribution in [-0.2, 0) is 0 Å². The highest BCUT2D eigenvalue weighted by Crippen LogP contribution is 2.36. The molecule has 0 unspecified atom stereocenters. The zero-order valence-electron chi connectivity index (χ0n) is 16.5. The number of methoxy groups -OCH3 is 1. The lowest BCUT2D eigenvalue weighted by atomic mass is 10.1. The molecule has 29 heavy (non-hydrogen) atoms. The minimum atomic E-state index is -0.223. The monoisotopic (exact) mass is 389 g/mol. The van der Waals surface area contributed by atoms with Crippen LogP contribution in [0.1, 0.15) is 30.1 Å². The van der Waals surface area contributed by atoms with Crippen LogP contribution in [0, 0.1) is 0 Å². The second-order valence-corrected chi connectivity index (χ2v) is 6.83. The number of unbranched alkanes of at least 4 members (excludes halogenated alkanes) is 1. The number of carbonyl (C=O) groups excluding carboxylic acids is 1. The number of nitrogens with one attached hydrogen (secondary N) is 1. The van der Waals surface area contributed by atoms with Crippen LogP contribution in [0.15, 0.2) is 65.1 Å². The maximum absolute atomic E-state index is 12.7. The molecular weight excluding hydrogens is 366 g/mol. The molecule has 0 saturated carbocycles. The van der Waals surface area contributed by atoms with Gasteiger partial charge >= 0.3 is 0 Å². The molecule has 1 heterocycles. The fourth-order valence-electron chi connectivity index (χ4n) is 3.25. The third-order valence-corrected chi connectivity index (χ3v) is 4.83. The van der Waals surface area contributed by atoms with Crippen molar-refractivity contribution >= 4 is 33.5 Å². The topological polar surface area (TPSA) is 60.7 Å². The van der Waals surface area contributed by atoms with Crippen LogP contribution >= 0.6 is 0 Å². The van der Waals surface area contributed by atoms with Crippen LogP contribution in [-0.4, -0.2) is 19.6 Å². The van der Waals surface area contributed by atoms with Crippen LogP contribution in [0.3, 0.4) is 0 Å². The van der Waals surface area contributed by atoms with Crippen molar-refractivity contribution in [3.8, 4) is 11.5 Å². The van der Waals surface area contributed by atoms with E-state index in [4.69, 9.17) is 13.9 Å². The van der Waals surface area contributed by atoms with Crippen molar-refractivity contribution in [2.24, 2.45) is 0 Å². The highest BCUT2D eigenvalue weighted by atomic mass is 16.5. The molecule has 0 aliphatic carbocycles. The van der Waals surface area contributed by atoms with Gasteiger partial charge in [-0.05, 0) is 42.8 Å². The summed E-state index contributed by atoms with van der Waals surface area (Å²) in [5, 5.41) is 4.88. The molecule has 0 saturated heterocycles. The van der Waals surface area contributed by atoms with E-state index in [1.807, 2.05) is 42.5 Å². The van der Waals surface area contributed by atoms with E-state index in [0.29, 0.717) is 29.2 Å². The molecule has 1 N–H and O–H groups in total. The van der Waals surface area contributed by atoms with E-state index < -0.39 is 0 Å². The molecular formula is C24H23NO4. The second-order valence-electron chi connectivity index (χ2n) is 6.83. The number of rotatable bonds is 7. The lowest BCUT2D eigenvalue weighted by Gasteiger charge is -2.11. The van der Waals surface area contributed by atoms with E-state index in [9.17, 15) is 4.79 Å². The number of benzene rings is 3. The van der Waals surface area contributed by atoms with Gasteiger partial charge in [0.05, 0.1) is 19.4 Å². The SMILES string of the molecule is CCCCOc1ccc(C(=O)Nc2cc3oc4ccccc4c3cc2OC)cc1. The summed E-state index contributed by atoms with van der Waals surface area (Å²) in [5.74, 6) is 1.12. The van der Waals surface area contributed by atoms with E-state index in [-0.39, 0.29) is 5.91 Å². The highest BCUT2D eigenvalue weighted by Gasteiger charge is 2.15. The van der Waals surface area contributed by atoms with Gasteiger partial charge < -0.3 is 19.2 Å². The van der Waals surface area contributed by atoms with E-state index >= 15 is 0 Å². The van der Waals surface area contributed by atoms with Gasteiger partial charge in [-0.3, -0.25) is 4.79 Å². The van der Waals surface area contributed by atoms with Crippen molar-refractivity contribution in [2.75, 3.05) is 19.0 Å². The molecule has 148 valence electrons. The Kier molecular flexibility index (Phi) is 5.38. The largest absolute Gasteiger partial charge is 0.495 e. The van der Waals surface area contributed by atoms with Gasteiger partial charge in [0, 0.05) is 22.4 Å². The molecule has 0 bridgehead atoms. The van der Waals surface area contributed by atoms with Gasteiger partial charge in [-0.1, -0.05) is 31.5 Å². The summed E-state index contributed by atoms with van der Waals surface area (Å²) in [6.07, 6.45) is 2.09. The van der Waals surface area contributed by atoms with Crippen LogP contribution in [0.4, 0.5) is 5.69 Å². The minimum absolute atomic E-state index is 0.223. The molecule has 0 fully saturated rings. The van der Waals surface area contributed by atoms with Crippen molar-refractivity contribution < 1.29 is 18.7 Å². The summed E-state index contributed by atoms with van der Waals surface area (Å²) in [6.45, 7) is 2.80. The Bertz CT molecular complexity index is 1140. The molecule has 1 aromatic heterocycles. The molecule has 5 nitrogen and oxygen atoms in total. The van der Waals surface area contributed by atoms with Crippen LogP contribution in [0.5, 0.6) is 11.5 Å². The molecule has 3 aromatic carbocycles. The molecule has 5 heteroatoms. The smallest absolute Gasteiger partial charge is 0.255 e. The molecule has 0 atom stereocenters. The molecule has 1 amide bonds. The number of ether oxygens (including phenoxy) is 2. The van der Waals surface area contributed by atoms with Gasteiger partial charge in [-0.15, -0.1) is 0 Å². The summed E-state index contributed by atoms with van der Waals surface area (Å²) >= 11 is 0. The van der Waals surface area contributed by atoms with E-state index in [2.05, 4.69) is 12.2 Å². The predicted molar refractivity (Wildman–Crippen MR) is 115 cm³/mol. The van der Waals surface area contributed by atoms with Crippen LogP contribution < -0.4 is 14.8 Å². The quantitative estimate of drug-likeness (QED) is 0.392. The van der Waals surface area contributed by atoms with Gasteiger partial charge in [-0.2, -0.15) is 0 Å². The van der Waals surface area contributed by atoms with Gasteiger partial charge in [-0.25, -0.2) is 0 Å². The molecule has 4 rings (SSSR count). The number of fused-ring (bicyclic) bond motifs is 3. The fraction of sp³-hybridized carbons (Fsp3) is 0.208. The number of anilines is 1. The number of hydrogen-bond donors (Lipinski definition) is 1. The van der Waals surface area contributed by atoms with Crippen molar-refractivity contribution in [1.82, 2.24) is 0 Å². The molecule has 0 aliphatic heterocycles. The first-order valence-electron chi connectivity index (χ1n) is 9.73. The van der Waals surface area contributed by atoms with Gasteiger partial charge in [0.1, 0.15) is 22.7 Å². The van der Waals surface area contributed by atoms with E-state index in [1.165, 1.54) is 0 Å². The van der Waals surface area contributed by atoms with E-state index in [0.717, 1.165) is 34.9 Å². The summed E-state index contributed by atoms with van der Waals surface area (Å²) < 4.78 is 17.1. The van der Waals surface area contributed by atoms with Gasteiger partial charge in [0.15, 0.2) is 0 Å². The molecule has 0 radical (unpaired) electrons. The Balaban J connectivity index is 1.58. The minimum Gasteiger partial charge on any atom is -0.495 e. The standard InChI is InChI=1S/C24H23NO4/c1-3-4-13-28-17-11-9-16(10-12-17)24(26)25-20-15-22-19(14-23(20)27-2)18-7-5-6-8-21(18)29-22/h5-12,14-15H,3-4,13H2,1-2H3,(H,25,26). The zero-order valence-corrected chi connectivity index (χ0v) is 16.5. The second kappa shape index (κ2) is 8.27. The predicted octanol–water partition coefficient (Wildman–Crippen LogP) is 6.03. The number of hydrogen-bond acceptors (Lipinski definition) is 4. The molecule has 0 spiro atoms. The maximum Gasteiger partial charge on any atom is 0.255 e. The first-order valence-corrected chi connectivity index (χ1v) is 9.73. The average molecular weight is 389 g/mol. The average Bonchev–Trinajstić information content (AvgIpc) is 3.11. The number of furan rings is 1. The summed E-state index contributed by atoms with van der Waals surface area (Å²) in [5.41, 5.74) is 2.60. The van der Waals surface area contributed by atoms with Gasteiger partial charge in [0.2, 0.25) is 0 Å². The Morgan fingerprint density at radius 2 is 1.79 bits per heavy atom. The van der Waals surface area contributed by atoms with Crippen molar-refractivity contribution in [1.29, 1.82) is 0 Å². The van der Waals surface area contributed by atoms with Crippen molar-refractivity contribution in [2.45, 2.75) is 19.8 Å². The number of amides is 1. The Morgan fingerprint density at radius 3 is 2.55 bits per heavy atom. The third kappa shape index (κ3) is 3.90. The Labute approximate surface area is 169 Å². The van der Waals surface area contributed by atoms with Crippen LogP contribution in [0.25, 0.3) is 21.9 Å². The molecule has 4 aromatic rings. The summed E-state index contributed by atoms with van der Waals surface area (Å²) in [4.78, 5) is 12.7. The molecule has 0 aliphatic rings. The van der Waals surface area contributed by atoms with E-state index in [1.54, 1.807) is 25.3 Å². The zero-order chi connectivity index (χ0) is 20.2. The summed E-state index contributed by atoms with van der Waals surface area (Å²) in [6, 6.07) is 18.6. The number of carbonyl (C=O) groups is 1. The summed E-state index contributed by atoms with van der Waals surface area (Å²) in [7, 11) is 1.58. The number of para-hydroxylation sites is 1. The highest BCUT2D eigenvalue weighted by molar-refractivity contribution is 6.10. The fourth-order valence-corrected chi connectivity index (χ4v) is 3.25. The van der Waals surface area contributed by atoms with Crippen molar-refractivity contribution in [3.63, 3.8) is 0 Å². The van der Waals surface area contributed by atoms with Crippen LogP contribution in [0.2, 0.25) is 0 Å². The Hall–Kier alpha value is -3.47. The normalized spacial score (nSPS) is 11.0. The lowest BCUT2D eigenvalue weighted by molar-refractivity contribution is 0.102. The lowest BCUT2D eigenvalue weighted by Crippen LogP contribution is -2.12. The maximum atomic E-state index is 12.7. The van der Waals surface area contributed by atoms with Crippen molar-refractivity contribution in [3.05, 3.63) is 66.2 Å². The first-order chi connectivity index (χ1) is 14.2. The third-order valence-electron chi connectivity index (χ3n) is 4.83. The Morgan fingerprint density at radius 1 is 1.00 bits per heavy atom.